The maximum atomic E-state index is 12.4. The Hall–Kier alpha value is -2.45. The summed E-state index contributed by atoms with van der Waals surface area (Å²) in [7, 11) is -3.52. The van der Waals surface area contributed by atoms with Crippen molar-refractivity contribution in [3.8, 4) is 0 Å². The lowest BCUT2D eigenvalue weighted by Gasteiger charge is -2.03. The Morgan fingerprint density at radius 3 is 2.59 bits per heavy atom. The predicted octanol–water partition coefficient (Wildman–Crippen LogP) is 3.76. The molecule has 0 bridgehead atoms. The van der Waals surface area contributed by atoms with Gasteiger partial charge in [0.05, 0.1) is 22.1 Å². The van der Waals surface area contributed by atoms with Crippen molar-refractivity contribution in [2.45, 2.75) is 37.0 Å². The second-order valence-corrected chi connectivity index (χ2v) is 9.23. The number of nitrogens with one attached hydrogen (secondary N) is 1. The molecule has 1 N–H and O–H groups in total. The Morgan fingerprint density at radius 1 is 1.19 bits per heavy atom. The van der Waals surface area contributed by atoms with E-state index in [-0.39, 0.29) is 22.2 Å². The van der Waals surface area contributed by atoms with Gasteiger partial charge in [0.1, 0.15) is 11.5 Å². The van der Waals surface area contributed by atoms with Crippen LogP contribution in [0.2, 0.25) is 0 Å². The van der Waals surface area contributed by atoms with Crippen LogP contribution in [0.3, 0.4) is 0 Å². The lowest BCUT2D eigenvalue weighted by atomic mass is 10.2. The monoisotopic (exact) mass is 404 g/mol. The molecule has 0 aliphatic carbocycles. The van der Waals surface area contributed by atoms with E-state index in [0.717, 1.165) is 10.7 Å². The van der Waals surface area contributed by atoms with Crippen LogP contribution >= 0.6 is 11.3 Å². The van der Waals surface area contributed by atoms with Gasteiger partial charge in [-0.3, -0.25) is 4.79 Å². The second-order valence-electron chi connectivity index (χ2n) is 6.35. The number of aromatic nitrogens is 1. The highest BCUT2D eigenvalue weighted by Crippen LogP contribution is 2.20. The molecule has 0 saturated carbocycles. The van der Waals surface area contributed by atoms with Gasteiger partial charge in [-0.25, -0.2) is 13.4 Å². The van der Waals surface area contributed by atoms with E-state index in [9.17, 15) is 13.2 Å². The molecule has 0 aliphatic heterocycles. The van der Waals surface area contributed by atoms with Crippen molar-refractivity contribution in [1.29, 1.82) is 0 Å². The summed E-state index contributed by atoms with van der Waals surface area (Å²) in [5.74, 6) is -0.0582. The molecule has 0 saturated heterocycles. The first-order chi connectivity index (χ1) is 12.8. The number of carbonyl (C=O) groups excluding carboxylic acids is 1. The van der Waals surface area contributed by atoms with Crippen molar-refractivity contribution >= 4 is 27.1 Å². The van der Waals surface area contributed by atoms with Crippen LogP contribution in [-0.2, 0) is 22.1 Å². The Labute approximate surface area is 162 Å². The Kier molecular flexibility index (Phi) is 5.76. The molecule has 0 unspecified atom stereocenters. The van der Waals surface area contributed by atoms with Crippen LogP contribution < -0.4 is 5.32 Å². The lowest BCUT2D eigenvalue weighted by Crippen LogP contribution is -2.22. The summed E-state index contributed by atoms with van der Waals surface area (Å²) in [6.45, 7) is 4.42. The van der Waals surface area contributed by atoms with Crippen molar-refractivity contribution in [2.75, 3.05) is 0 Å². The van der Waals surface area contributed by atoms with Gasteiger partial charge in [-0.2, -0.15) is 0 Å². The number of furan rings is 1. The Bertz CT molecular complexity index is 1020. The van der Waals surface area contributed by atoms with E-state index in [2.05, 4.69) is 24.1 Å². The fraction of sp³-hybridized carbons (Fsp3) is 0.263. The van der Waals surface area contributed by atoms with Gasteiger partial charge in [0.15, 0.2) is 15.6 Å². The maximum Gasteiger partial charge on any atom is 0.287 e. The zero-order chi connectivity index (χ0) is 19.4. The molecule has 0 aliphatic rings. The van der Waals surface area contributed by atoms with E-state index in [0.29, 0.717) is 12.5 Å². The minimum Gasteiger partial charge on any atom is -0.455 e. The van der Waals surface area contributed by atoms with Gasteiger partial charge in [0.2, 0.25) is 0 Å². The van der Waals surface area contributed by atoms with Crippen LogP contribution in [0.15, 0.2) is 57.2 Å². The highest BCUT2D eigenvalue weighted by atomic mass is 32.2. The molecular weight excluding hydrogens is 384 g/mol. The Balaban J connectivity index is 1.62. The first kappa shape index (κ1) is 19.3. The zero-order valence-corrected chi connectivity index (χ0v) is 16.6. The fourth-order valence-electron chi connectivity index (χ4n) is 2.40. The largest absolute Gasteiger partial charge is 0.455 e. The Morgan fingerprint density at radius 2 is 1.93 bits per heavy atom. The van der Waals surface area contributed by atoms with Crippen molar-refractivity contribution in [3.05, 3.63) is 70.1 Å². The number of benzene rings is 1. The summed E-state index contributed by atoms with van der Waals surface area (Å²) in [6, 6.07) is 11.1. The molecule has 0 atom stereocenters. The molecule has 0 radical (unpaired) electrons. The van der Waals surface area contributed by atoms with Gasteiger partial charge < -0.3 is 9.73 Å². The van der Waals surface area contributed by atoms with Crippen LogP contribution in [0.25, 0.3) is 0 Å². The zero-order valence-electron chi connectivity index (χ0n) is 15.0. The molecule has 142 valence electrons. The van der Waals surface area contributed by atoms with E-state index in [1.807, 2.05) is 5.38 Å². The average molecular weight is 405 g/mol. The summed E-state index contributed by atoms with van der Waals surface area (Å²) in [6.07, 6.45) is 0. The molecule has 1 amide bonds. The van der Waals surface area contributed by atoms with Gasteiger partial charge >= 0.3 is 0 Å². The maximum absolute atomic E-state index is 12.4. The van der Waals surface area contributed by atoms with Gasteiger partial charge in [-0.1, -0.05) is 32.0 Å². The van der Waals surface area contributed by atoms with E-state index < -0.39 is 15.7 Å². The van der Waals surface area contributed by atoms with Gasteiger partial charge in [-0.15, -0.1) is 11.3 Å². The number of hydrogen-bond donors (Lipinski definition) is 1. The highest BCUT2D eigenvalue weighted by molar-refractivity contribution is 7.90. The molecule has 1 aromatic carbocycles. The minimum atomic E-state index is -3.52. The average Bonchev–Trinajstić information content (AvgIpc) is 3.30. The van der Waals surface area contributed by atoms with Crippen molar-refractivity contribution in [2.24, 2.45) is 0 Å². The summed E-state index contributed by atoms with van der Waals surface area (Å²) in [5, 5.41) is 5.67. The summed E-state index contributed by atoms with van der Waals surface area (Å²) in [5.41, 5.74) is 0.787. The summed E-state index contributed by atoms with van der Waals surface area (Å²) < 4.78 is 30.2. The summed E-state index contributed by atoms with van der Waals surface area (Å²) in [4.78, 5) is 16.9. The molecule has 3 rings (SSSR count). The predicted molar refractivity (Wildman–Crippen MR) is 103 cm³/mol. The number of amides is 1. The van der Waals surface area contributed by atoms with Crippen molar-refractivity contribution in [3.63, 3.8) is 0 Å². The van der Waals surface area contributed by atoms with Crippen molar-refractivity contribution in [1.82, 2.24) is 10.3 Å². The first-order valence-corrected chi connectivity index (χ1v) is 11.0. The third-order valence-electron chi connectivity index (χ3n) is 3.81. The van der Waals surface area contributed by atoms with E-state index in [1.54, 1.807) is 29.5 Å². The van der Waals surface area contributed by atoms with Gasteiger partial charge in [0, 0.05) is 11.3 Å². The summed E-state index contributed by atoms with van der Waals surface area (Å²) >= 11 is 1.56. The topological polar surface area (TPSA) is 89.3 Å². The molecule has 27 heavy (non-hydrogen) atoms. The van der Waals surface area contributed by atoms with Crippen LogP contribution in [-0.4, -0.2) is 19.3 Å². The third kappa shape index (κ3) is 4.84. The van der Waals surface area contributed by atoms with Crippen molar-refractivity contribution < 1.29 is 17.6 Å². The minimum absolute atomic E-state index is 0.0765. The van der Waals surface area contributed by atoms with Gasteiger partial charge in [-0.05, 0) is 24.3 Å². The first-order valence-electron chi connectivity index (χ1n) is 8.44. The second kappa shape index (κ2) is 8.06. The smallest absolute Gasteiger partial charge is 0.287 e. The highest BCUT2D eigenvalue weighted by Gasteiger charge is 2.19. The lowest BCUT2D eigenvalue weighted by molar-refractivity contribution is 0.0921. The van der Waals surface area contributed by atoms with Crippen LogP contribution in [0, 0.1) is 0 Å². The normalized spacial score (nSPS) is 11.7. The molecule has 0 spiro atoms. The molecule has 2 aromatic heterocycles. The van der Waals surface area contributed by atoms with Gasteiger partial charge in [0.25, 0.3) is 5.91 Å². The van der Waals surface area contributed by atoms with Crippen LogP contribution in [0.1, 0.15) is 46.8 Å². The number of hydrogen-bond acceptors (Lipinski definition) is 6. The molecular formula is C19H20N2O4S2. The van der Waals surface area contributed by atoms with Crippen LogP contribution in [0.5, 0.6) is 0 Å². The SMILES string of the molecule is CC(C)c1nc(CNC(=O)c2ccc(CS(=O)(=O)c3ccccc3)o2)cs1. The third-order valence-corrected chi connectivity index (χ3v) is 6.66. The number of carbonyl (C=O) groups is 1. The molecule has 6 nitrogen and oxygen atoms in total. The molecule has 3 aromatic rings. The molecule has 2 heterocycles. The van der Waals surface area contributed by atoms with Crippen LogP contribution in [0.4, 0.5) is 0 Å². The van der Waals surface area contributed by atoms with E-state index >= 15 is 0 Å². The molecule has 0 fully saturated rings. The van der Waals surface area contributed by atoms with E-state index in [4.69, 9.17) is 4.42 Å². The standard InChI is InChI=1S/C19H20N2O4S2/c1-13(2)19-21-14(11-26-19)10-20-18(22)17-9-8-15(25-17)12-27(23,24)16-6-4-3-5-7-16/h3-9,11,13H,10,12H2,1-2H3,(H,20,22). The quantitative estimate of drug-likeness (QED) is 0.648. The molecule has 8 heteroatoms. The number of rotatable bonds is 7. The van der Waals surface area contributed by atoms with E-state index in [1.165, 1.54) is 24.3 Å². The number of sulfone groups is 1. The number of thiazole rings is 1. The fourth-order valence-corrected chi connectivity index (χ4v) is 4.51. The number of nitrogens with zero attached hydrogens (tertiary/aromatic N) is 1.